The normalized spacial score (nSPS) is 12.6. The minimum Gasteiger partial charge on any atom is -0.488 e. The zero-order valence-corrected chi connectivity index (χ0v) is 11.8. The lowest BCUT2D eigenvalue weighted by molar-refractivity contribution is -0.131. The number of ether oxygens (including phenoxy) is 2. The average Bonchev–Trinajstić information content (AvgIpc) is 2.31. The Morgan fingerprint density at radius 3 is 2.42 bits per heavy atom. The van der Waals surface area contributed by atoms with Crippen LogP contribution in [-0.2, 0) is 9.53 Å². The topological polar surface area (TPSA) is 55.8 Å². The first-order valence-electron chi connectivity index (χ1n) is 6.12. The Kier molecular flexibility index (Phi) is 5.57. The second-order valence-corrected chi connectivity index (χ2v) is 4.54. The molecule has 0 aliphatic rings. The summed E-state index contributed by atoms with van der Waals surface area (Å²) in [5.74, 6) is -0.124. The molecule has 0 fully saturated rings. The largest absolute Gasteiger partial charge is 0.488 e. The van der Waals surface area contributed by atoms with Gasteiger partial charge in [0.05, 0.1) is 6.61 Å². The van der Waals surface area contributed by atoms with Gasteiger partial charge in [-0.2, -0.15) is 0 Å². The lowest BCUT2D eigenvalue weighted by atomic mass is 10.1. The summed E-state index contributed by atoms with van der Waals surface area (Å²) >= 11 is 0. The van der Waals surface area contributed by atoms with Crippen molar-refractivity contribution >= 4 is 12.0 Å². The van der Waals surface area contributed by atoms with Crippen LogP contribution in [0.4, 0.5) is 0 Å². The van der Waals surface area contributed by atoms with Gasteiger partial charge in [0.1, 0.15) is 11.9 Å². The average molecular weight is 264 g/mol. The van der Waals surface area contributed by atoms with Gasteiger partial charge in [0.15, 0.2) is 0 Å². The van der Waals surface area contributed by atoms with Crippen LogP contribution in [0.15, 0.2) is 18.2 Å². The van der Waals surface area contributed by atoms with E-state index in [0.29, 0.717) is 6.61 Å². The Bertz CT molecular complexity index is 454. The van der Waals surface area contributed by atoms with Crippen molar-refractivity contribution in [1.29, 1.82) is 0 Å². The van der Waals surface area contributed by atoms with Crippen LogP contribution in [0.3, 0.4) is 0 Å². The molecule has 0 aliphatic carbocycles. The van der Waals surface area contributed by atoms with Crippen molar-refractivity contribution in [2.45, 2.75) is 26.9 Å². The lowest BCUT2D eigenvalue weighted by Gasteiger charge is -2.18. The highest BCUT2D eigenvalue weighted by molar-refractivity contribution is 5.85. The summed E-state index contributed by atoms with van der Waals surface area (Å²) in [5.41, 5.74) is 2.81. The fourth-order valence-electron chi connectivity index (χ4n) is 1.90. The van der Waals surface area contributed by atoms with Crippen molar-refractivity contribution in [2.75, 3.05) is 13.7 Å². The predicted octanol–water partition coefficient (Wildman–Crippen LogP) is 2.81. The van der Waals surface area contributed by atoms with Crippen molar-refractivity contribution in [1.82, 2.24) is 0 Å². The van der Waals surface area contributed by atoms with E-state index in [1.54, 1.807) is 13.2 Å². The molecular weight excluding hydrogens is 244 g/mol. The van der Waals surface area contributed by atoms with E-state index in [1.165, 1.54) is 0 Å². The molecular formula is C15H20O4. The molecule has 1 atom stereocenters. The molecule has 0 amide bonds. The zero-order chi connectivity index (χ0) is 14.4. The van der Waals surface area contributed by atoms with Gasteiger partial charge in [0.25, 0.3) is 0 Å². The van der Waals surface area contributed by atoms with Gasteiger partial charge in [-0.3, -0.25) is 0 Å². The molecule has 0 radical (unpaired) electrons. The molecule has 104 valence electrons. The van der Waals surface area contributed by atoms with Gasteiger partial charge in [-0.1, -0.05) is 0 Å². The van der Waals surface area contributed by atoms with Crippen molar-refractivity contribution in [3.63, 3.8) is 0 Å². The van der Waals surface area contributed by atoms with Crippen molar-refractivity contribution in [3.8, 4) is 5.75 Å². The molecule has 0 heterocycles. The third kappa shape index (κ3) is 4.75. The Hall–Kier alpha value is -1.81. The molecule has 1 aromatic rings. The van der Waals surface area contributed by atoms with Gasteiger partial charge < -0.3 is 14.6 Å². The third-order valence-corrected chi connectivity index (χ3v) is 2.62. The smallest absolute Gasteiger partial charge is 0.328 e. The van der Waals surface area contributed by atoms with Gasteiger partial charge >= 0.3 is 5.97 Å². The fraction of sp³-hybridized carbons (Fsp3) is 0.400. The number of hydrogen-bond donors (Lipinski definition) is 1. The minimum absolute atomic E-state index is 0.0252. The van der Waals surface area contributed by atoms with Gasteiger partial charge in [0, 0.05) is 13.2 Å². The highest BCUT2D eigenvalue weighted by Gasteiger charge is 2.10. The summed E-state index contributed by atoms with van der Waals surface area (Å²) in [5, 5.41) is 8.62. The van der Waals surface area contributed by atoms with Gasteiger partial charge in [-0.25, -0.2) is 4.79 Å². The van der Waals surface area contributed by atoms with Crippen LogP contribution < -0.4 is 4.74 Å². The van der Waals surface area contributed by atoms with Gasteiger partial charge in [-0.05, 0) is 55.7 Å². The highest BCUT2D eigenvalue weighted by atomic mass is 16.5. The fourth-order valence-corrected chi connectivity index (χ4v) is 1.90. The number of methoxy groups -OCH3 is 1. The van der Waals surface area contributed by atoms with E-state index in [4.69, 9.17) is 14.6 Å². The number of benzene rings is 1. The highest BCUT2D eigenvalue weighted by Crippen LogP contribution is 2.26. The Morgan fingerprint density at radius 1 is 1.37 bits per heavy atom. The summed E-state index contributed by atoms with van der Waals surface area (Å²) in [6.07, 6.45) is 2.68. The van der Waals surface area contributed by atoms with Gasteiger partial charge in [0.2, 0.25) is 0 Å². The summed E-state index contributed by atoms with van der Waals surface area (Å²) in [6, 6.07) is 3.81. The lowest BCUT2D eigenvalue weighted by Crippen LogP contribution is -2.19. The van der Waals surface area contributed by atoms with Crippen molar-refractivity contribution < 1.29 is 19.4 Å². The monoisotopic (exact) mass is 264 g/mol. The maximum atomic E-state index is 10.5. The van der Waals surface area contributed by atoms with E-state index >= 15 is 0 Å². The maximum absolute atomic E-state index is 10.5. The standard InChI is InChI=1S/C15H20O4/c1-10-7-13(5-6-14(16)17)8-11(2)15(10)19-12(3)9-18-4/h5-8,12H,9H2,1-4H3,(H,16,17). The van der Waals surface area contributed by atoms with Crippen LogP contribution in [0.5, 0.6) is 5.75 Å². The van der Waals surface area contributed by atoms with Crippen molar-refractivity contribution in [2.24, 2.45) is 0 Å². The molecule has 0 spiro atoms. The summed E-state index contributed by atoms with van der Waals surface area (Å²) in [4.78, 5) is 10.5. The molecule has 0 aromatic heterocycles. The number of hydrogen-bond acceptors (Lipinski definition) is 3. The first kappa shape index (κ1) is 15.2. The van der Waals surface area contributed by atoms with E-state index in [9.17, 15) is 4.79 Å². The van der Waals surface area contributed by atoms with E-state index in [-0.39, 0.29) is 6.10 Å². The third-order valence-electron chi connectivity index (χ3n) is 2.62. The Labute approximate surface area is 113 Å². The maximum Gasteiger partial charge on any atom is 0.328 e. The van der Waals surface area contributed by atoms with Crippen LogP contribution in [0.1, 0.15) is 23.6 Å². The number of aliphatic carboxylic acids is 1. The van der Waals surface area contributed by atoms with Crippen LogP contribution in [-0.4, -0.2) is 30.9 Å². The van der Waals surface area contributed by atoms with Gasteiger partial charge in [-0.15, -0.1) is 0 Å². The Balaban J connectivity index is 2.94. The molecule has 1 aromatic carbocycles. The molecule has 1 N–H and O–H groups in total. The van der Waals surface area contributed by atoms with E-state index in [1.807, 2.05) is 32.9 Å². The quantitative estimate of drug-likeness (QED) is 0.803. The molecule has 19 heavy (non-hydrogen) atoms. The number of carboxylic acid groups (broad SMARTS) is 1. The molecule has 1 rings (SSSR count). The van der Waals surface area contributed by atoms with Crippen LogP contribution in [0.2, 0.25) is 0 Å². The van der Waals surface area contributed by atoms with Crippen molar-refractivity contribution in [3.05, 3.63) is 34.9 Å². The zero-order valence-electron chi connectivity index (χ0n) is 11.8. The molecule has 4 heteroatoms. The number of rotatable bonds is 6. The number of aryl methyl sites for hydroxylation is 2. The molecule has 0 bridgehead atoms. The Morgan fingerprint density at radius 2 is 1.95 bits per heavy atom. The molecule has 0 saturated heterocycles. The minimum atomic E-state index is -0.954. The molecule has 1 unspecified atom stereocenters. The summed E-state index contributed by atoms with van der Waals surface area (Å²) in [6.45, 7) is 6.36. The second-order valence-electron chi connectivity index (χ2n) is 4.54. The van der Waals surface area contributed by atoms with Crippen LogP contribution in [0.25, 0.3) is 6.08 Å². The van der Waals surface area contributed by atoms with E-state index < -0.39 is 5.97 Å². The SMILES string of the molecule is COCC(C)Oc1c(C)cc(C=CC(=O)O)cc1C. The molecule has 0 saturated carbocycles. The first-order valence-corrected chi connectivity index (χ1v) is 6.12. The van der Waals surface area contributed by atoms with E-state index in [0.717, 1.165) is 28.5 Å². The summed E-state index contributed by atoms with van der Waals surface area (Å²) in [7, 11) is 1.64. The first-order chi connectivity index (χ1) is 8.93. The molecule has 4 nitrogen and oxygen atoms in total. The van der Waals surface area contributed by atoms with E-state index in [2.05, 4.69) is 0 Å². The second kappa shape index (κ2) is 6.95. The van der Waals surface area contributed by atoms with Crippen LogP contribution in [0, 0.1) is 13.8 Å². The van der Waals surface area contributed by atoms with Crippen LogP contribution >= 0.6 is 0 Å². The predicted molar refractivity (Wildman–Crippen MR) is 74.6 cm³/mol. The summed E-state index contributed by atoms with van der Waals surface area (Å²) < 4.78 is 10.9. The molecule has 0 aliphatic heterocycles. The number of carboxylic acids is 1. The number of carbonyl (C=O) groups is 1.